The van der Waals surface area contributed by atoms with Crippen molar-refractivity contribution in [1.29, 1.82) is 0 Å². The topological polar surface area (TPSA) is 32.3 Å². The van der Waals surface area contributed by atoms with Crippen molar-refractivity contribution >= 4 is 5.91 Å². The number of carbonyl (C=O) groups excluding carboxylic acids is 1. The first-order chi connectivity index (χ1) is 9.24. The smallest absolute Gasteiger partial charge is 0.223 e. The number of hydrogen-bond acceptors (Lipinski definition) is 2. The number of carbonyl (C=O) groups is 1. The Morgan fingerprint density at radius 2 is 2.11 bits per heavy atom. The minimum absolute atomic E-state index is 0.255. The van der Waals surface area contributed by atoms with Gasteiger partial charge >= 0.3 is 0 Å². The van der Waals surface area contributed by atoms with E-state index >= 15 is 0 Å². The molecule has 1 heterocycles. The summed E-state index contributed by atoms with van der Waals surface area (Å²) >= 11 is 0. The van der Waals surface area contributed by atoms with Gasteiger partial charge in [-0.05, 0) is 29.9 Å². The van der Waals surface area contributed by atoms with Gasteiger partial charge in [0, 0.05) is 32.1 Å². The molecule has 0 spiro atoms. The average Bonchev–Trinajstić information content (AvgIpc) is 3.16. The zero-order valence-electron chi connectivity index (χ0n) is 11.6. The van der Waals surface area contributed by atoms with Gasteiger partial charge in [-0.2, -0.15) is 0 Å². The quantitative estimate of drug-likeness (QED) is 0.893. The first-order valence-electron chi connectivity index (χ1n) is 7.31. The van der Waals surface area contributed by atoms with Gasteiger partial charge in [-0.1, -0.05) is 31.2 Å². The second-order valence-corrected chi connectivity index (χ2v) is 5.91. The van der Waals surface area contributed by atoms with Gasteiger partial charge < -0.3 is 5.32 Å². The number of hydrogen-bond donors (Lipinski definition) is 1. The fourth-order valence-corrected chi connectivity index (χ4v) is 2.90. The molecule has 1 N–H and O–H groups in total. The van der Waals surface area contributed by atoms with E-state index in [1.54, 1.807) is 0 Å². The van der Waals surface area contributed by atoms with Crippen molar-refractivity contribution in [3.05, 3.63) is 35.4 Å². The Bertz CT molecular complexity index is 472. The molecule has 102 valence electrons. The first kappa shape index (κ1) is 12.7. The maximum Gasteiger partial charge on any atom is 0.223 e. The first-order valence-corrected chi connectivity index (χ1v) is 7.31. The number of nitrogens with one attached hydrogen (secondary N) is 1. The van der Waals surface area contributed by atoms with Crippen LogP contribution in [0.2, 0.25) is 0 Å². The zero-order chi connectivity index (χ0) is 13.2. The average molecular weight is 258 g/mol. The molecule has 0 unspecified atom stereocenters. The van der Waals surface area contributed by atoms with E-state index in [9.17, 15) is 4.79 Å². The Kier molecular flexibility index (Phi) is 3.56. The van der Waals surface area contributed by atoms with Crippen LogP contribution in [0.5, 0.6) is 0 Å². The molecule has 2 atom stereocenters. The van der Waals surface area contributed by atoms with Crippen molar-refractivity contribution in [2.75, 3.05) is 19.6 Å². The highest BCUT2D eigenvalue weighted by Crippen LogP contribution is 2.37. The minimum atomic E-state index is 0.255. The fourth-order valence-electron chi connectivity index (χ4n) is 2.90. The summed E-state index contributed by atoms with van der Waals surface area (Å²) in [7, 11) is 0. The molecule has 2 aliphatic rings. The Morgan fingerprint density at radius 3 is 2.84 bits per heavy atom. The summed E-state index contributed by atoms with van der Waals surface area (Å²) in [5.74, 6) is 1.15. The molecule has 1 aromatic rings. The lowest BCUT2D eigenvalue weighted by Crippen LogP contribution is -2.38. The Morgan fingerprint density at radius 1 is 1.37 bits per heavy atom. The SMILES string of the molecule is C[C@@H]1C[C@H]1C(=O)NCCN1CCc2ccccc2C1. The van der Waals surface area contributed by atoms with Gasteiger partial charge in [-0.15, -0.1) is 0 Å². The molecule has 1 aliphatic heterocycles. The van der Waals surface area contributed by atoms with Crippen LogP contribution in [0.15, 0.2) is 24.3 Å². The molecule has 0 bridgehead atoms. The zero-order valence-corrected chi connectivity index (χ0v) is 11.6. The van der Waals surface area contributed by atoms with Crippen LogP contribution >= 0.6 is 0 Å². The van der Waals surface area contributed by atoms with Gasteiger partial charge in [0.05, 0.1) is 0 Å². The van der Waals surface area contributed by atoms with Crippen molar-refractivity contribution in [3.63, 3.8) is 0 Å². The summed E-state index contributed by atoms with van der Waals surface area (Å²) in [6.07, 6.45) is 2.20. The maximum atomic E-state index is 11.7. The number of fused-ring (bicyclic) bond motifs is 1. The van der Waals surface area contributed by atoms with E-state index in [1.165, 1.54) is 11.1 Å². The third-order valence-corrected chi connectivity index (χ3v) is 4.38. The number of rotatable bonds is 4. The number of amides is 1. The van der Waals surface area contributed by atoms with Crippen LogP contribution in [-0.4, -0.2) is 30.4 Å². The molecule has 0 saturated heterocycles. The highest BCUT2D eigenvalue weighted by atomic mass is 16.2. The summed E-state index contributed by atoms with van der Waals surface area (Å²) in [5, 5.41) is 3.07. The summed E-state index contributed by atoms with van der Waals surface area (Å²) in [5.41, 5.74) is 2.92. The van der Waals surface area contributed by atoms with E-state index in [0.717, 1.165) is 39.0 Å². The Labute approximate surface area is 115 Å². The predicted octanol–water partition coefficient (Wildman–Crippen LogP) is 1.82. The molecule has 3 rings (SSSR count). The summed E-state index contributed by atoms with van der Waals surface area (Å²) in [4.78, 5) is 14.2. The van der Waals surface area contributed by atoms with Crippen LogP contribution in [0.25, 0.3) is 0 Å². The van der Waals surface area contributed by atoms with Crippen molar-refractivity contribution in [1.82, 2.24) is 10.2 Å². The van der Waals surface area contributed by atoms with E-state index in [0.29, 0.717) is 11.8 Å². The van der Waals surface area contributed by atoms with Crippen LogP contribution in [-0.2, 0) is 17.8 Å². The molecule has 3 heteroatoms. The van der Waals surface area contributed by atoms with Gasteiger partial charge in [0.15, 0.2) is 0 Å². The second-order valence-electron chi connectivity index (χ2n) is 5.91. The molecule has 19 heavy (non-hydrogen) atoms. The third kappa shape index (κ3) is 2.98. The van der Waals surface area contributed by atoms with Crippen molar-refractivity contribution in [2.45, 2.75) is 26.3 Å². The lowest BCUT2D eigenvalue weighted by Gasteiger charge is -2.28. The maximum absolute atomic E-state index is 11.7. The van der Waals surface area contributed by atoms with Crippen LogP contribution in [0.3, 0.4) is 0 Å². The minimum Gasteiger partial charge on any atom is -0.355 e. The molecule has 1 aliphatic carbocycles. The largest absolute Gasteiger partial charge is 0.355 e. The summed E-state index contributed by atoms with van der Waals surface area (Å²) < 4.78 is 0. The normalized spacial score (nSPS) is 25.7. The van der Waals surface area contributed by atoms with E-state index < -0.39 is 0 Å². The highest BCUT2D eigenvalue weighted by molar-refractivity contribution is 5.81. The second kappa shape index (κ2) is 5.33. The summed E-state index contributed by atoms with van der Waals surface area (Å²) in [6.45, 7) is 6.01. The van der Waals surface area contributed by atoms with Crippen LogP contribution < -0.4 is 5.32 Å². The molecular formula is C16H22N2O. The number of benzene rings is 1. The lowest BCUT2D eigenvalue weighted by atomic mass is 10.00. The lowest BCUT2D eigenvalue weighted by molar-refractivity contribution is -0.122. The standard InChI is InChI=1S/C16H22N2O/c1-12-10-15(12)16(19)17-7-9-18-8-6-13-4-2-3-5-14(13)11-18/h2-5,12,15H,6-11H2,1H3,(H,17,19)/t12-,15-/m1/s1. The fraction of sp³-hybridized carbons (Fsp3) is 0.562. The molecule has 1 fully saturated rings. The molecule has 1 saturated carbocycles. The Balaban J connectivity index is 1.43. The van der Waals surface area contributed by atoms with Crippen molar-refractivity contribution < 1.29 is 4.79 Å². The van der Waals surface area contributed by atoms with Gasteiger partial charge in [0.25, 0.3) is 0 Å². The van der Waals surface area contributed by atoms with Crippen molar-refractivity contribution in [2.24, 2.45) is 11.8 Å². The molecule has 1 aromatic carbocycles. The third-order valence-electron chi connectivity index (χ3n) is 4.38. The molecule has 3 nitrogen and oxygen atoms in total. The van der Waals surface area contributed by atoms with E-state index in [-0.39, 0.29) is 5.91 Å². The van der Waals surface area contributed by atoms with Gasteiger partial charge in [0.2, 0.25) is 5.91 Å². The van der Waals surface area contributed by atoms with Crippen molar-refractivity contribution in [3.8, 4) is 0 Å². The predicted molar refractivity (Wildman–Crippen MR) is 75.7 cm³/mol. The van der Waals surface area contributed by atoms with E-state index in [4.69, 9.17) is 0 Å². The molecule has 0 aromatic heterocycles. The van der Waals surface area contributed by atoms with Gasteiger partial charge in [-0.25, -0.2) is 0 Å². The molecule has 1 amide bonds. The molecule has 0 radical (unpaired) electrons. The van der Waals surface area contributed by atoms with Gasteiger partial charge in [-0.3, -0.25) is 9.69 Å². The monoisotopic (exact) mass is 258 g/mol. The van der Waals surface area contributed by atoms with Crippen LogP contribution in [0.1, 0.15) is 24.5 Å². The van der Waals surface area contributed by atoms with Crippen LogP contribution in [0.4, 0.5) is 0 Å². The Hall–Kier alpha value is -1.35. The van der Waals surface area contributed by atoms with E-state index in [1.807, 2.05) is 0 Å². The number of nitrogens with zero attached hydrogens (tertiary/aromatic N) is 1. The van der Waals surface area contributed by atoms with E-state index in [2.05, 4.69) is 41.4 Å². The van der Waals surface area contributed by atoms with Crippen LogP contribution in [0, 0.1) is 11.8 Å². The molecular weight excluding hydrogens is 236 g/mol. The summed E-state index contributed by atoms with van der Waals surface area (Å²) in [6, 6.07) is 8.67. The highest BCUT2D eigenvalue weighted by Gasteiger charge is 2.38. The van der Waals surface area contributed by atoms with Gasteiger partial charge in [0.1, 0.15) is 0 Å².